The van der Waals surface area contributed by atoms with Gasteiger partial charge in [-0.2, -0.15) is 0 Å². The third-order valence-corrected chi connectivity index (χ3v) is 4.10. The van der Waals surface area contributed by atoms with Crippen LogP contribution in [0.5, 0.6) is 0 Å². The number of nitrogens with zero attached hydrogens (tertiary/aromatic N) is 1. The fraction of sp³-hybridized carbons (Fsp3) is 0.556. The summed E-state index contributed by atoms with van der Waals surface area (Å²) in [6.07, 6.45) is 4.32. The van der Waals surface area contributed by atoms with Crippen molar-refractivity contribution in [3.63, 3.8) is 0 Å². The fourth-order valence-corrected chi connectivity index (χ4v) is 2.83. The van der Waals surface area contributed by atoms with Crippen LogP contribution in [0.4, 0.5) is 0 Å². The predicted octanol–water partition coefficient (Wildman–Crippen LogP) is 2.73. The normalized spacial score (nSPS) is 16.1. The van der Waals surface area contributed by atoms with Crippen molar-refractivity contribution in [3.8, 4) is 0 Å². The molecule has 1 saturated heterocycles. The number of hydrogen-bond acceptors (Lipinski definition) is 2. The van der Waals surface area contributed by atoms with Gasteiger partial charge in [0.15, 0.2) is 0 Å². The number of likely N-dealkylation sites (tertiary alicyclic amines) is 1. The van der Waals surface area contributed by atoms with Crippen LogP contribution in [0.25, 0.3) is 0 Å². The van der Waals surface area contributed by atoms with E-state index in [2.05, 4.69) is 5.32 Å². The van der Waals surface area contributed by atoms with Gasteiger partial charge in [-0.1, -0.05) is 37.3 Å². The van der Waals surface area contributed by atoms with E-state index < -0.39 is 0 Å². The first-order valence-electron chi connectivity index (χ1n) is 8.23. The minimum atomic E-state index is 0.0165. The molecule has 0 aliphatic carbocycles. The van der Waals surface area contributed by atoms with Gasteiger partial charge in [0.05, 0.1) is 0 Å². The van der Waals surface area contributed by atoms with Gasteiger partial charge < -0.3 is 10.2 Å². The highest BCUT2D eigenvalue weighted by Crippen LogP contribution is 2.14. The van der Waals surface area contributed by atoms with E-state index in [4.69, 9.17) is 0 Å². The van der Waals surface area contributed by atoms with Crippen molar-refractivity contribution in [2.75, 3.05) is 13.1 Å². The van der Waals surface area contributed by atoms with Crippen LogP contribution in [0.1, 0.15) is 44.6 Å². The molecule has 1 heterocycles. The minimum absolute atomic E-state index is 0.0165. The Kier molecular flexibility index (Phi) is 6.44. The van der Waals surface area contributed by atoms with Gasteiger partial charge in [0.1, 0.15) is 0 Å². The average Bonchev–Trinajstić information content (AvgIpc) is 2.54. The average molecular weight is 302 g/mol. The smallest absolute Gasteiger partial charge is 0.222 e. The van der Waals surface area contributed by atoms with E-state index in [1.807, 2.05) is 42.2 Å². The Balaban J connectivity index is 1.68. The van der Waals surface area contributed by atoms with E-state index in [0.717, 1.165) is 31.5 Å². The molecule has 0 aromatic heterocycles. The maximum absolute atomic E-state index is 12.2. The second-order valence-corrected chi connectivity index (χ2v) is 6.22. The summed E-state index contributed by atoms with van der Waals surface area (Å²) in [4.78, 5) is 26.1. The maximum atomic E-state index is 12.2. The zero-order valence-electron chi connectivity index (χ0n) is 13.4. The van der Waals surface area contributed by atoms with Gasteiger partial charge in [0.25, 0.3) is 0 Å². The second-order valence-electron chi connectivity index (χ2n) is 6.22. The predicted molar refractivity (Wildman–Crippen MR) is 87.1 cm³/mol. The third kappa shape index (κ3) is 5.51. The first-order valence-corrected chi connectivity index (χ1v) is 8.23. The molecule has 4 heteroatoms. The molecule has 1 aromatic rings. The van der Waals surface area contributed by atoms with Crippen molar-refractivity contribution in [2.45, 2.75) is 45.6 Å². The lowest BCUT2D eigenvalue weighted by Gasteiger charge is -2.27. The van der Waals surface area contributed by atoms with Crippen LogP contribution in [0, 0.1) is 5.92 Å². The summed E-state index contributed by atoms with van der Waals surface area (Å²) in [5.41, 5.74) is 1.09. The lowest BCUT2D eigenvalue weighted by atomic mass is 10.0. The van der Waals surface area contributed by atoms with Crippen molar-refractivity contribution < 1.29 is 9.59 Å². The van der Waals surface area contributed by atoms with Gasteiger partial charge in [-0.3, -0.25) is 9.59 Å². The molecule has 0 spiro atoms. The lowest BCUT2D eigenvalue weighted by Crippen LogP contribution is -2.36. The Hall–Kier alpha value is -1.84. The van der Waals surface area contributed by atoms with Gasteiger partial charge in [-0.15, -0.1) is 0 Å². The molecule has 1 atom stereocenters. The van der Waals surface area contributed by atoms with Crippen molar-refractivity contribution in [1.29, 1.82) is 0 Å². The molecule has 0 bridgehead atoms. The van der Waals surface area contributed by atoms with Crippen LogP contribution in [-0.2, 0) is 16.1 Å². The number of piperidine rings is 1. The maximum Gasteiger partial charge on any atom is 0.222 e. The zero-order valence-corrected chi connectivity index (χ0v) is 13.4. The van der Waals surface area contributed by atoms with E-state index in [1.165, 1.54) is 6.42 Å². The van der Waals surface area contributed by atoms with Crippen molar-refractivity contribution in [3.05, 3.63) is 35.9 Å². The molecule has 0 saturated carbocycles. The summed E-state index contributed by atoms with van der Waals surface area (Å²) in [5, 5.41) is 2.92. The molecule has 1 unspecified atom stereocenters. The summed E-state index contributed by atoms with van der Waals surface area (Å²) >= 11 is 0. The fourth-order valence-electron chi connectivity index (χ4n) is 2.83. The molecule has 2 amide bonds. The molecule has 0 radical (unpaired) electrons. The molecular formula is C18H26N2O2. The van der Waals surface area contributed by atoms with Crippen molar-refractivity contribution in [2.24, 2.45) is 5.92 Å². The number of nitrogens with one attached hydrogen (secondary N) is 1. The summed E-state index contributed by atoms with van der Waals surface area (Å²) in [6.45, 7) is 4.29. The van der Waals surface area contributed by atoms with Crippen LogP contribution >= 0.6 is 0 Å². The van der Waals surface area contributed by atoms with Crippen molar-refractivity contribution >= 4 is 11.8 Å². The van der Waals surface area contributed by atoms with E-state index in [-0.39, 0.29) is 17.7 Å². The summed E-state index contributed by atoms with van der Waals surface area (Å²) in [7, 11) is 0. The Morgan fingerprint density at radius 2 is 1.77 bits per heavy atom. The van der Waals surface area contributed by atoms with Crippen molar-refractivity contribution in [1.82, 2.24) is 10.2 Å². The van der Waals surface area contributed by atoms with Crippen LogP contribution in [0.3, 0.4) is 0 Å². The Labute approximate surface area is 132 Å². The van der Waals surface area contributed by atoms with E-state index in [0.29, 0.717) is 19.4 Å². The molecule has 1 aliphatic heterocycles. The molecule has 120 valence electrons. The number of carbonyl (C=O) groups excluding carboxylic acids is 2. The Morgan fingerprint density at radius 3 is 2.45 bits per heavy atom. The highest BCUT2D eigenvalue weighted by atomic mass is 16.2. The molecule has 2 rings (SSSR count). The van der Waals surface area contributed by atoms with Gasteiger partial charge in [-0.05, 0) is 30.7 Å². The third-order valence-electron chi connectivity index (χ3n) is 4.10. The quantitative estimate of drug-likeness (QED) is 0.878. The highest BCUT2D eigenvalue weighted by Gasteiger charge is 2.20. The molecule has 1 aromatic carbocycles. The standard InChI is InChI=1S/C18H26N2O2/c1-15(13-18(22)20-10-6-3-7-11-20)12-17(21)19-14-16-8-4-2-5-9-16/h2,4-5,8-9,15H,3,6-7,10-14H2,1H3,(H,19,21). The van der Waals surface area contributed by atoms with Crippen LogP contribution in [0.2, 0.25) is 0 Å². The summed E-state index contributed by atoms with van der Waals surface area (Å²) < 4.78 is 0. The summed E-state index contributed by atoms with van der Waals surface area (Å²) in [5.74, 6) is 0.302. The number of hydrogen-bond donors (Lipinski definition) is 1. The van der Waals surface area contributed by atoms with Crippen LogP contribution in [0.15, 0.2) is 30.3 Å². The van der Waals surface area contributed by atoms with Gasteiger partial charge in [0, 0.05) is 32.5 Å². The molecule has 1 N–H and O–H groups in total. The van der Waals surface area contributed by atoms with Gasteiger partial charge in [-0.25, -0.2) is 0 Å². The summed E-state index contributed by atoms with van der Waals surface area (Å²) in [6, 6.07) is 9.86. The monoisotopic (exact) mass is 302 g/mol. The molecule has 1 aliphatic rings. The first kappa shape index (κ1) is 16.5. The highest BCUT2D eigenvalue weighted by molar-refractivity contribution is 5.79. The van der Waals surface area contributed by atoms with E-state index in [9.17, 15) is 9.59 Å². The molecular weight excluding hydrogens is 276 g/mol. The SMILES string of the molecule is CC(CC(=O)NCc1ccccc1)CC(=O)N1CCCCC1. The number of benzene rings is 1. The van der Waals surface area contributed by atoms with Gasteiger partial charge in [0.2, 0.25) is 11.8 Å². The first-order chi connectivity index (χ1) is 10.6. The van der Waals surface area contributed by atoms with E-state index >= 15 is 0 Å². The molecule has 4 nitrogen and oxygen atoms in total. The molecule has 22 heavy (non-hydrogen) atoms. The topological polar surface area (TPSA) is 49.4 Å². The second kappa shape index (κ2) is 8.57. The molecule has 1 fully saturated rings. The number of rotatable bonds is 6. The minimum Gasteiger partial charge on any atom is -0.352 e. The van der Waals surface area contributed by atoms with Gasteiger partial charge >= 0.3 is 0 Å². The van der Waals surface area contributed by atoms with Crippen LogP contribution in [-0.4, -0.2) is 29.8 Å². The number of amides is 2. The lowest BCUT2D eigenvalue weighted by molar-refractivity contribution is -0.133. The number of carbonyl (C=O) groups is 2. The zero-order chi connectivity index (χ0) is 15.8. The largest absolute Gasteiger partial charge is 0.352 e. The Bertz CT molecular complexity index is 481. The van der Waals surface area contributed by atoms with E-state index in [1.54, 1.807) is 0 Å². The van der Waals surface area contributed by atoms with Crippen LogP contribution < -0.4 is 5.32 Å². The Morgan fingerprint density at radius 1 is 1.09 bits per heavy atom.